The molecule has 0 spiro atoms. The molecular weight excluding hydrogens is 250 g/mol. The molecule has 2 aliphatic heterocycles. The molecule has 0 aromatic heterocycles. The van der Waals surface area contributed by atoms with E-state index in [9.17, 15) is 4.79 Å². The number of nitrogens with zero attached hydrogens (tertiary/aromatic N) is 2. The summed E-state index contributed by atoms with van der Waals surface area (Å²) in [6, 6.07) is 5.05. The van der Waals surface area contributed by atoms with E-state index in [4.69, 9.17) is 0 Å². The highest BCUT2D eigenvalue weighted by molar-refractivity contribution is 5.77. The predicted molar refractivity (Wildman–Crippen MR) is 79.8 cm³/mol. The van der Waals surface area contributed by atoms with Crippen LogP contribution in [-0.4, -0.2) is 48.1 Å². The number of amides is 2. The number of carbonyl (C=O) groups excluding carboxylic acids is 1. The summed E-state index contributed by atoms with van der Waals surface area (Å²) in [4.78, 5) is 16.1. The molecule has 0 radical (unpaired) electrons. The van der Waals surface area contributed by atoms with E-state index < -0.39 is 0 Å². The third kappa shape index (κ3) is 2.40. The number of hydrogen-bond acceptors (Lipinski definition) is 2. The van der Waals surface area contributed by atoms with Gasteiger partial charge in [0, 0.05) is 32.7 Å². The minimum atomic E-state index is 0.108. The van der Waals surface area contributed by atoms with Gasteiger partial charge >= 0.3 is 6.03 Å². The normalized spacial score (nSPS) is 22.9. The van der Waals surface area contributed by atoms with Crippen molar-refractivity contribution >= 4 is 6.03 Å². The lowest BCUT2D eigenvalue weighted by Gasteiger charge is -2.36. The first kappa shape index (κ1) is 13.4. The Morgan fingerprint density at radius 3 is 2.70 bits per heavy atom. The van der Waals surface area contributed by atoms with Gasteiger partial charge in [0.2, 0.25) is 0 Å². The quantitative estimate of drug-likeness (QED) is 0.892. The van der Waals surface area contributed by atoms with Crippen molar-refractivity contribution in [1.29, 1.82) is 0 Å². The molecule has 2 aliphatic rings. The van der Waals surface area contributed by atoms with E-state index in [1.807, 2.05) is 4.90 Å². The van der Waals surface area contributed by atoms with Crippen LogP contribution in [-0.2, 0) is 6.54 Å². The average molecular weight is 273 g/mol. The Bertz CT molecular complexity index is 541. The molecule has 108 valence electrons. The molecule has 20 heavy (non-hydrogen) atoms. The molecule has 0 aliphatic carbocycles. The second-order valence-electron chi connectivity index (χ2n) is 6.13. The van der Waals surface area contributed by atoms with E-state index in [0.717, 1.165) is 32.7 Å². The van der Waals surface area contributed by atoms with E-state index in [2.05, 4.69) is 43.1 Å². The number of hydrogen-bond donors (Lipinski definition) is 1. The first-order valence-electron chi connectivity index (χ1n) is 7.38. The zero-order chi connectivity index (χ0) is 14.3. The van der Waals surface area contributed by atoms with E-state index in [1.165, 1.54) is 22.3 Å². The van der Waals surface area contributed by atoms with Crippen molar-refractivity contribution in [2.24, 2.45) is 0 Å². The van der Waals surface area contributed by atoms with Crippen LogP contribution in [0.15, 0.2) is 12.1 Å². The van der Waals surface area contributed by atoms with Crippen LogP contribution in [0.3, 0.4) is 0 Å². The molecule has 4 nitrogen and oxygen atoms in total. The van der Waals surface area contributed by atoms with Crippen LogP contribution >= 0.6 is 0 Å². The fraction of sp³-hybridized carbons (Fsp3) is 0.562. The first-order valence-corrected chi connectivity index (χ1v) is 7.38. The summed E-state index contributed by atoms with van der Waals surface area (Å²) in [7, 11) is 0. The third-order valence-electron chi connectivity index (χ3n) is 4.66. The van der Waals surface area contributed by atoms with Gasteiger partial charge in [0.15, 0.2) is 0 Å². The number of rotatable bonds is 2. The number of fused-ring (bicyclic) bond motifs is 1. The van der Waals surface area contributed by atoms with Gasteiger partial charge in [-0.3, -0.25) is 4.90 Å². The third-order valence-corrected chi connectivity index (χ3v) is 4.66. The molecule has 2 heterocycles. The van der Waals surface area contributed by atoms with Crippen LogP contribution in [0.5, 0.6) is 0 Å². The van der Waals surface area contributed by atoms with Crippen LogP contribution in [0.4, 0.5) is 4.79 Å². The zero-order valence-electron chi connectivity index (χ0n) is 12.6. The van der Waals surface area contributed by atoms with E-state index in [-0.39, 0.29) is 6.03 Å². The van der Waals surface area contributed by atoms with Crippen molar-refractivity contribution in [3.8, 4) is 0 Å². The van der Waals surface area contributed by atoms with Crippen molar-refractivity contribution in [2.45, 2.75) is 33.4 Å². The minimum Gasteiger partial charge on any atom is -0.336 e. The lowest BCUT2D eigenvalue weighted by Crippen LogP contribution is -2.51. The van der Waals surface area contributed by atoms with Crippen LogP contribution in [0.2, 0.25) is 0 Å². The second kappa shape index (κ2) is 5.09. The lowest BCUT2D eigenvalue weighted by molar-refractivity contribution is 0.116. The predicted octanol–water partition coefficient (Wildman–Crippen LogP) is 1.82. The average Bonchev–Trinajstić information content (AvgIpc) is 2.77. The summed E-state index contributed by atoms with van der Waals surface area (Å²) in [5, 5.41) is 2.93. The van der Waals surface area contributed by atoms with Gasteiger partial charge in [-0.15, -0.1) is 0 Å². The van der Waals surface area contributed by atoms with Gasteiger partial charge in [-0.2, -0.15) is 0 Å². The molecular formula is C16H23N3O. The molecule has 1 unspecified atom stereocenters. The van der Waals surface area contributed by atoms with E-state index in [1.54, 1.807) is 0 Å². The Balaban J connectivity index is 1.70. The highest BCUT2D eigenvalue weighted by atomic mass is 16.2. The Morgan fingerprint density at radius 1 is 1.15 bits per heavy atom. The monoisotopic (exact) mass is 273 g/mol. The molecule has 1 aromatic rings. The largest absolute Gasteiger partial charge is 0.336 e. The van der Waals surface area contributed by atoms with Crippen molar-refractivity contribution < 1.29 is 4.79 Å². The van der Waals surface area contributed by atoms with Crippen LogP contribution in [0, 0.1) is 20.8 Å². The van der Waals surface area contributed by atoms with Crippen molar-refractivity contribution in [3.63, 3.8) is 0 Å². The summed E-state index contributed by atoms with van der Waals surface area (Å²) < 4.78 is 0. The highest BCUT2D eigenvalue weighted by Crippen LogP contribution is 2.20. The maximum atomic E-state index is 11.6. The standard InChI is InChI=1S/C16H23N3O/c1-11-6-13(3)14(7-12(11)2)9-18-4-5-19-15(10-18)8-17-16(19)20/h6-7,15H,4-5,8-10H2,1-3H3,(H,17,20). The molecule has 1 N–H and O–H groups in total. The Morgan fingerprint density at radius 2 is 1.90 bits per heavy atom. The molecule has 4 heteroatoms. The highest BCUT2D eigenvalue weighted by Gasteiger charge is 2.35. The molecule has 0 saturated carbocycles. The molecule has 2 fully saturated rings. The van der Waals surface area contributed by atoms with E-state index in [0.29, 0.717) is 6.04 Å². The fourth-order valence-corrected chi connectivity index (χ4v) is 3.24. The summed E-state index contributed by atoms with van der Waals surface area (Å²) in [5.41, 5.74) is 5.51. The van der Waals surface area contributed by atoms with Gasteiger partial charge < -0.3 is 10.2 Å². The summed E-state index contributed by atoms with van der Waals surface area (Å²) >= 11 is 0. The maximum absolute atomic E-state index is 11.6. The van der Waals surface area contributed by atoms with Crippen LogP contribution in [0.25, 0.3) is 0 Å². The topological polar surface area (TPSA) is 35.6 Å². The summed E-state index contributed by atoms with van der Waals surface area (Å²) in [5.74, 6) is 0. The summed E-state index contributed by atoms with van der Waals surface area (Å²) in [6.07, 6.45) is 0. The van der Waals surface area contributed by atoms with Crippen molar-refractivity contribution in [2.75, 3.05) is 26.2 Å². The molecule has 1 atom stereocenters. The first-order chi connectivity index (χ1) is 9.54. The Kier molecular flexibility index (Phi) is 3.42. The van der Waals surface area contributed by atoms with Crippen LogP contribution < -0.4 is 5.32 Å². The minimum absolute atomic E-state index is 0.108. The number of nitrogens with one attached hydrogen (secondary N) is 1. The Labute approximate surface area is 120 Å². The van der Waals surface area contributed by atoms with Gasteiger partial charge in [-0.05, 0) is 43.0 Å². The molecule has 2 saturated heterocycles. The summed E-state index contributed by atoms with van der Waals surface area (Å²) in [6.45, 7) is 11.1. The van der Waals surface area contributed by atoms with Gasteiger partial charge in [0.05, 0.1) is 6.04 Å². The SMILES string of the molecule is Cc1cc(C)c(CN2CCN3C(=O)NCC3C2)cc1C. The fourth-order valence-electron chi connectivity index (χ4n) is 3.24. The molecule has 2 amide bonds. The zero-order valence-corrected chi connectivity index (χ0v) is 12.6. The number of aryl methyl sites for hydroxylation is 3. The molecule has 0 bridgehead atoms. The number of carbonyl (C=O) groups is 1. The lowest BCUT2D eigenvalue weighted by atomic mass is 10.00. The van der Waals surface area contributed by atoms with Crippen molar-refractivity contribution in [1.82, 2.24) is 15.1 Å². The van der Waals surface area contributed by atoms with Crippen molar-refractivity contribution in [3.05, 3.63) is 34.4 Å². The van der Waals surface area contributed by atoms with Crippen LogP contribution in [0.1, 0.15) is 22.3 Å². The second-order valence-corrected chi connectivity index (χ2v) is 6.13. The number of piperazine rings is 1. The molecule has 1 aromatic carbocycles. The maximum Gasteiger partial charge on any atom is 0.317 e. The Hall–Kier alpha value is -1.55. The smallest absolute Gasteiger partial charge is 0.317 e. The number of benzene rings is 1. The van der Waals surface area contributed by atoms with Gasteiger partial charge in [-0.1, -0.05) is 12.1 Å². The van der Waals surface area contributed by atoms with Gasteiger partial charge in [0.1, 0.15) is 0 Å². The van der Waals surface area contributed by atoms with Gasteiger partial charge in [-0.25, -0.2) is 4.79 Å². The van der Waals surface area contributed by atoms with Gasteiger partial charge in [0.25, 0.3) is 0 Å². The number of urea groups is 1. The molecule has 3 rings (SSSR count). The van der Waals surface area contributed by atoms with E-state index >= 15 is 0 Å².